The zero-order valence-electron chi connectivity index (χ0n) is 14.2. The van der Waals surface area contributed by atoms with Crippen molar-refractivity contribution in [3.63, 3.8) is 0 Å². The topological polar surface area (TPSA) is 58.2 Å². The predicted molar refractivity (Wildman–Crippen MR) is 97.8 cm³/mol. The van der Waals surface area contributed by atoms with E-state index in [1.54, 1.807) is 36.4 Å². The second kappa shape index (κ2) is 7.05. The maximum Gasteiger partial charge on any atom is 0.255 e. The van der Waals surface area contributed by atoms with Crippen molar-refractivity contribution >= 4 is 29.1 Å². The van der Waals surface area contributed by atoms with Gasteiger partial charge in [-0.3, -0.25) is 9.59 Å². The number of aryl methyl sites for hydroxylation is 1. The molecule has 2 aromatic carbocycles. The molecule has 0 radical (unpaired) electrons. The Morgan fingerprint density at radius 3 is 2.21 bits per heavy atom. The average Bonchev–Trinajstić information content (AvgIpc) is 2.49. The molecule has 0 aliphatic carbocycles. The number of carbonyl (C=O) groups is 2. The third kappa shape index (κ3) is 4.83. The molecule has 0 aliphatic rings. The van der Waals surface area contributed by atoms with Gasteiger partial charge in [0, 0.05) is 27.4 Å². The van der Waals surface area contributed by atoms with Crippen LogP contribution in [-0.4, -0.2) is 17.4 Å². The lowest BCUT2D eigenvalue weighted by atomic mass is 10.1. The van der Waals surface area contributed by atoms with E-state index in [0.29, 0.717) is 21.8 Å². The Hall–Kier alpha value is -2.33. The van der Waals surface area contributed by atoms with Gasteiger partial charge in [-0.2, -0.15) is 0 Å². The number of hydrogen-bond donors (Lipinski definition) is 2. The number of nitrogens with one attached hydrogen (secondary N) is 2. The number of hydrogen-bond acceptors (Lipinski definition) is 2. The van der Waals surface area contributed by atoms with Gasteiger partial charge in [0.15, 0.2) is 0 Å². The molecule has 0 saturated heterocycles. The molecule has 0 spiro atoms. The summed E-state index contributed by atoms with van der Waals surface area (Å²) in [5.74, 6) is -0.498. The zero-order valence-corrected chi connectivity index (χ0v) is 15.0. The van der Waals surface area contributed by atoms with Crippen molar-refractivity contribution in [1.82, 2.24) is 5.32 Å². The van der Waals surface area contributed by atoms with Gasteiger partial charge in [-0.25, -0.2) is 0 Å². The summed E-state index contributed by atoms with van der Waals surface area (Å²) in [6, 6.07) is 11.9. The molecule has 0 atom stereocenters. The van der Waals surface area contributed by atoms with Crippen LogP contribution in [0.1, 0.15) is 47.1 Å². The fourth-order valence-electron chi connectivity index (χ4n) is 2.14. The van der Waals surface area contributed by atoms with Crippen LogP contribution < -0.4 is 10.6 Å². The minimum atomic E-state index is -0.340. The molecule has 0 saturated carbocycles. The first-order valence-corrected chi connectivity index (χ1v) is 8.03. The van der Waals surface area contributed by atoms with Crippen molar-refractivity contribution in [3.05, 3.63) is 64.2 Å². The molecule has 0 fully saturated rings. The molecule has 0 heterocycles. The van der Waals surface area contributed by atoms with Crippen molar-refractivity contribution in [2.24, 2.45) is 0 Å². The Kier molecular flexibility index (Phi) is 5.30. The third-order valence-corrected chi connectivity index (χ3v) is 3.56. The monoisotopic (exact) mass is 344 g/mol. The lowest BCUT2D eigenvalue weighted by Gasteiger charge is -2.20. The van der Waals surface area contributed by atoms with Gasteiger partial charge >= 0.3 is 0 Å². The highest BCUT2D eigenvalue weighted by atomic mass is 35.5. The predicted octanol–water partition coefficient (Wildman–Crippen LogP) is 4.43. The van der Waals surface area contributed by atoms with Crippen LogP contribution in [0.25, 0.3) is 0 Å². The number of rotatable bonds is 3. The maximum absolute atomic E-state index is 12.5. The summed E-state index contributed by atoms with van der Waals surface area (Å²) in [6.45, 7) is 7.61. The minimum Gasteiger partial charge on any atom is -0.347 e. The quantitative estimate of drug-likeness (QED) is 0.865. The average molecular weight is 345 g/mol. The minimum absolute atomic E-state index is 0.212. The van der Waals surface area contributed by atoms with Gasteiger partial charge in [0.2, 0.25) is 0 Å². The van der Waals surface area contributed by atoms with Crippen LogP contribution in [0.3, 0.4) is 0 Å². The smallest absolute Gasteiger partial charge is 0.255 e. The van der Waals surface area contributed by atoms with Crippen LogP contribution in [-0.2, 0) is 0 Å². The van der Waals surface area contributed by atoms with Crippen LogP contribution in [0.4, 0.5) is 5.69 Å². The number of anilines is 1. The lowest BCUT2D eigenvalue weighted by molar-refractivity contribution is 0.0919. The van der Waals surface area contributed by atoms with Crippen LogP contribution in [0.5, 0.6) is 0 Å². The van der Waals surface area contributed by atoms with Crippen molar-refractivity contribution in [2.45, 2.75) is 33.2 Å². The van der Waals surface area contributed by atoms with Crippen LogP contribution in [0.2, 0.25) is 5.02 Å². The SMILES string of the molecule is Cc1ccc(Cl)cc1NC(=O)c1cccc(C(=O)NC(C)(C)C)c1. The normalized spacial score (nSPS) is 11.0. The molecular weight excluding hydrogens is 324 g/mol. The molecule has 24 heavy (non-hydrogen) atoms. The van der Waals surface area contributed by atoms with Gasteiger partial charge in [0.05, 0.1) is 0 Å². The molecule has 2 rings (SSSR count). The van der Waals surface area contributed by atoms with Gasteiger partial charge in [-0.1, -0.05) is 23.7 Å². The van der Waals surface area contributed by atoms with Crippen molar-refractivity contribution < 1.29 is 9.59 Å². The molecule has 0 bridgehead atoms. The van der Waals surface area contributed by atoms with E-state index >= 15 is 0 Å². The second-order valence-electron chi connectivity index (χ2n) is 6.70. The first kappa shape index (κ1) is 18.0. The van der Waals surface area contributed by atoms with E-state index in [-0.39, 0.29) is 17.4 Å². The maximum atomic E-state index is 12.5. The number of halogens is 1. The fraction of sp³-hybridized carbons (Fsp3) is 0.263. The zero-order chi connectivity index (χ0) is 17.9. The summed E-state index contributed by atoms with van der Waals surface area (Å²) in [4.78, 5) is 24.7. The van der Waals surface area contributed by atoms with E-state index in [1.165, 1.54) is 0 Å². The van der Waals surface area contributed by atoms with E-state index in [0.717, 1.165) is 5.56 Å². The Morgan fingerprint density at radius 1 is 0.958 bits per heavy atom. The Balaban J connectivity index is 2.20. The van der Waals surface area contributed by atoms with Gasteiger partial charge < -0.3 is 10.6 Å². The van der Waals surface area contributed by atoms with Crippen molar-refractivity contribution in [3.8, 4) is 0 Å². The highest BCUT2D eigenvalue weighted by Crippen LogP contribution is 2.21. The molecule has 2 amide bonds. The van der Waals surface area contributed by atoms with Crippen LogP contribution >= 0.6 is 11.6 Å². The first-order valence-electron chi connectivity index (χ1n) is 7.66. The van der Waals surface area contributed by atoms with E-state index in [9.17, 15) is 9.59 Å². The molecular formula is C19H21ClN2O2. The Morgan fingerprint density at radius 2 is 1.58 bits per heavy atom. The molecule has 4 nitrogen and oxygen atoms in total. The summed E-state index contributed by atoms with van der Waals surface area (Å²) in [7, 11) is 0. The van der Waals surface area contributed by atoms with Crippen molar-refractivity contribution in [2.75, 3.05) is 5.32 Å². The number of carbonyl (C=O) groups excluding carboxylic acids is 2. The molecule has 2 aromatic rings. The van der Waals surface area contributed by atoms with Crippen molar-refractivity contribution in [1.29, 1.82) is 0 Å². The molecule has 2 N–H and O–H groups in total. The number of benzene rings is 2. The van der Waals surface area contributed by atoms with E-state index in [4.69, 9.17) is 11.6 Å². The van der Waals surface area contributed by atoms with Gasteiger partial charge in [-0.05, 0) is 63.6 Å². The van der Waals surface area contributed by atoms with Gasteiger partial charge in [0.1, 0.15) is 0 Å². The molecule has 0 aromatic heterocycles. The molecule has 0 aliphatic heterocycles. The number of amides is 2. The van der Waals surface area contributed by atoms with Gasteiger partial charge in [0.25, 0.3) is 11.8 Å². The third-order valence-electron chi connectivity index (χ3n) is 3.32. The molecule has 126 valence electrons. The second-order valence-corrected chi connectivity index (χ2v) is 7.13. The Labute approximate surface area is 147 Å². The van der Waals surface area contributed by atoms with E-state index in [1.807, 2.05) is 33.8 Å². The summed E-state index contributed by atoms with van der Waals surface area (Å²) in [6.07, 6.45) is 0. The first-order chi connectivity index (χ1) is 11.2. The fourth-order valence-corrected chi connectivity index (χ4v) is 2.31. The van der Waals surface area contributed by atoms with Gasteiger partial charge in [-0.15, -0.1) is 0 Å². The van der Waals surface area contributed by atoms with E-state index in [2.05, 4.69) is 10.6 Å². The highest BCUT2D eigenvalue weighted by Gasteiger charge is 2.16. The summed E-state index contributed by atoms with van der Waals surface area (Å²) in [5.41, 5.74) is 2.08. The lowest BCUT2D eigenvalue weighted by Crippen LogP contribution is -2.40. The Bertz CT molecular complexity index is 779. The van der Waals surface area contributed by atoms with E-state index < -0.39 is 0 Å². The summed E-state index contributed by atoms with van der Waals surface area (Å²) in [5, 5.41) is 6.26. The highest BCUT2D eigenvalue weighted by molar-refractivity contribution is 6.31. The standard InChI is InChI=1S/C19H21ClN2O2/c1-12-8-9-15(20)11-16(12)21-17(23)13-6-5-7-14(10-13)18(24)22-19(2,3)4/h5-11H,1-4H3,(H,21,23)(H,22,24). The van der Waals surface area contributed by atoms with Crippen LogP contribution in [0, 0.1) is 6.92 Å². The largest absolute Gasteiger partial charge is 0.347 e. The molecule has 5 heteroatoms. The molecule has 0 unspecified atom stereocenters. The summed E-state index contributed by atoms with van der Waals surface area (Å²) < 4.78 is 0. The summed E-state index contributed by atoms with van der Waals surface area (Å²) >= 11 is 5.97. The van der Waals surface area contributed by atoms with Crippen LogP contribution in [0.15, 0.2) is 42.5 Å².